The lowest BCUT2D eigenvalue weighted by Gasteiger charge is -2.31. The zero-order valence-corrected chi connectivity index (χ0v) is 31.9. The first kappa shape index (κ1) is 38.9. The molecule has 5 N–H and O–H groups in total. The molecule has 0 radical (unpaired) electrons. The van der Waals surface area contributed by atoms with E-state index in [9.17, 15) is 29.7 Å². The number of nitrogens with zero attached hydrogens (tertiary/aromatic N) is 4. The zero-order chi connectivity index (χ0) is 38.9. The van der Waals surface area contributed by atoms with Crippen LogP contribution in [0.15, 0.2) is 79.0 Å². The monoisotopic (exact) mass is 758 g/mol. The second-order valence-corrected chi connectivity index (χ2v) is 18.6. The third-order valence-electron chi connectivity index (χ3n) is 10.5. The number of ether oxygens (including phenoxy) is 1. The van der Waals surface area contributed by atoms with Gasteiger partial charge in [0.1, 0.15) is 12.2 Å². The first-order valence-corrected chi connectivity index (χ1v) is 21.1. The fourth-order valence-corrected chi connectivity index (χ4v) is 10.4. The maximum atomic E-state index is 16.5. The maximum absolute atomic E-state index is 16.5. The number of hydrogen-bond donors (Lipinski definition) is 5. The van der Waals surface area contributed by atoms with Crippen LogP contribution in [-0.4, -0.2) is 81.4 Å². The van der Waals surface area contributed by atoms with Crippen molar-refractivity contribution in [2.75, 3.05) is 22.1 Å². The van der Waals surface area contributed by atoms with Crippen LogP contribution in [0.2, 0.25) is 18.6 Å². The molecule has 0 saturated carbocycles. The maximum Gasteiger partial charge on any atom is 0.264 e. The summed E-state index contributed by atoms with van der Waals surface area (Å²) in [4.78, 5) is 41.0. The second-order valence-electron chi connectivity index (χ2n) is 14.8. The molecule has 1 fully saturated rings. The van der Waals surface area contributed by atoms with Crippen LogP contribution in [-0.2, 0) is 37.8 Å². The summed E-state index contributed by atoms with van der Waals surface area (Å²) in [6.07, 6.45) is -1.03. The lowest BCUT2D eigenvalue weighted by Crippen LogP contribution is -2.45. The van der Waals surface area contributed by atoms with Gasteiger partial charge in [-0.3, -0.25) is 19.1 Å². The van der Waals surface area contributed by atoms with Gasteiger partial charge < -0.3 is 39.7 Å². The Labute approximate surface area is 314 Å². The molecule has 286 valence electrons. The van der Waals surface area contributed by atoms with E-state index < -0.39 is 55.6 Å². The summed E-state index contributed by atoms with van der Waals surface area (Å²) in [6.45, 7) is 8.12. The number of rotatable bonds is 13. The Morgan fingerprint density at radius 1 is 0.981 bits per heavy atom. The highest BCUT2D eigenvalue weighted by Gasteiger charge is 2.66. The van der Waals surface area contributed by atoms with E-state index in [0.29, 0.717) is 41.3 Å². The second kappa shape index (κ2) is 15.5. The van der Waals surface area contributed by atoms with Crippen LogP contribution >= 0.6 is 0 Å². The summed E-state index contributed by atoms with van der Waals surface area (Å²) in [7, 11) is -3.50. The van der Waals surface area contributed by atoms with Crippen LogP contribution in [0.25, 0.3) is 0 Å². The van der Waals surface area contributed by atoms with Gasteiger partial charge in [0.2, 0.25) is 8.41 Å². The van der Waals surface area contributed by atoms with E-state index in [-0.39, 0.29) is 25.0 Å². The lowest BCUT2D eigenvalue weighted by atomic mass is 9.82. The van der Waals surface area contributed by atoms with Crippen molar-refractivity contribution in [1.82, 2.24) is 15.0 Å². The number of benzene rings is 3. The molecule has 7 atom stereocenters. The summed E-state index contributed by atoms with van der Waals surface area (Å²) in [5, 5.41) is 43.6. The molecule has 1 aromatic heterocycles. The smallest absolute Gasteiger partial charge is 0.264 e. The van der Waals surface area contributed by atoms with Crippen molar-refractivity contribution < 1.29 is 38.5 Å². The summed E-state index contributed by atoms with van der Waals surface area (Å²) in [5.41, 5.74) is 1.93. The molecular formula is C39H47FN6O7Si. The third kappa shape index (κ3) is 7.59. The van der Waals surface area contributed by atoms with Gasteiger partial charge in [-0.2, -0.15) is 0 Å². The van der Waals surface area contributed by atoms with Crippen LogP contribution in [0.3, 0.4) is 0 Å². The molecule has 6 rings (SSSR count). The highest BCUT2D eigenvalue weighted by molar-refractivity contribution is 6.72. The number of fused-ring (bicyclic) bond motifs is 2. The van der Waals surface area contributed by atoms with Crippen molar-refractivity contribution in [1.29, 1.82) is 0 Å². The topological polar surface area (TPSA) is 179 Å². The summed E-state index contributed by atoms with van der Waals surface area (Å²) in [5.74, 6) is -2.50. The molecule has 1 saturated heterocycles. The number of halogens is 1. The molecule has 3 aromatic carbocycles. The van der Waals surface area contributed by atoms with Crippen LogP contribution in [0, 0.1) is 5.92 Å². The van der Waals surface area contributed by atoms with Gasteiger partial charge in [0.15, 0.2) is 5.60 Å². The Bertz CT molecular complexity index is 1990. The van der Waals surface area contributed by atoms with Crippen LogP contribution in [0.4, 0.5) is 21.2 Å². The van der Waals surface area contributed by atoms with E-state index in [4.69, 9.17) is 4.74 Å². The number of carbonyl (C=O) groups is 3. The Hall–Kier alpha value is -4.80. The van der Waals surface area contributed by atoms with E-state index in [0.717, 1.165) is 11.1 Å². The minimum atomic E-state index is -3.50. The molecule has 0 aliphatic carbocycles. The minimum absolute atomic E-state index is 0.134. The minimum Gasteiger partial charge on any atom is -0.395 e. The number of aromatic nitrogens is 3. The van der Waals surface area contributed by atoms with Crippen LogP contribution < -0.4 is 15.5 Å². The van der Waals surface area contributed by atoms with E-state index in [1.165, 1.54) is 13.8 Å². The van der Waals surface area contributed by atoms with Gasteiger partial charge >= 0.3 is 0 Å². The van der Waals surface area contributed by atoms with E-state index in [2.05, 4.69) is 20.9 Å². The molecule has 2 aliphatic heterocycles. The van der Waals surface area contributed by atoms with Crippen molar-refractivity contribution in [3.05, 3.63) is 101 Å². The van der Waals surface area contributed by atoms with Crippen molar-refractivity contribution in [3.63, 3.8) is 0 Å². The average molecular weight is 759 g/mol. The fraction of sp³-hybridized carbons (Fsp3) is 0.410. The Balaban J connectivity index is 1.32. The summed E-state index contributed by atoms with van der Waals surface area (Å²) < 4.78 is 25.1. The van der Waals surface area contributed by atoms with Gasteiger partial charge in [0, 0.05) is 41.1 Å². The Morgan fingerprint density at radius 2 is 1.61 bits per heavy atom. The number of hydrogen-bond acceptors (Lipinski definition) is 9. The van der Waals surface area contributed by atoms with Crippen molar-refractivity contribution in [2.45, 2.75) is 88.7 Å². The first-order chi connectivity index (χ1) is 25.6. The predicted molar refractivity (Wildman–Crippen MR) is 203 cm³/mol. The molecule has 13 nitrogen and oxygen atoms in total. The molecule has 3 amide bonds. The fourth-order valence-electron chi connectivity index (χ4n) is 7.82. The lowest BCUT2D eigenvalue weighted by molar-refractivity contribution is -0.146. The zero-order valence-electron chi connectivity index (χ0n) is 30.9. The number of aliphatic hydroxyl groups is 3. The van der Waals surface area contributed by atoms with Crippen LogP contribution in [0.1, 0.15) is 55.5 Å². The number of nitrogens with one attached hydrogen (secondary N) is 2. The molecule has 1 unspecified atom stereocenters. The van der Waals surface area contributed by atoms with Gasteiger partial charge in [-0.15, -0.1) is 5.10 Å². The largest absolute Gasteiger partial charge is 0.395 e. The third-order valence-corrected chi connectivity index (χ3v) is 12.9. The van der Waals surface area contributed by atoms with Gasteiger partial charge in [-0.25, -0.2) is 0 Å². The van der Waals surface area contributed by atoms with E-state index in [1.807, 2.05) is 37.3 Å². The first-order valence-electron chi connectivity index (χ1n) is 18.1. The number of anilines is 3. The highest BCUT2D eigenvalue weighted by Crippen LogP contribution is 2.60. The molecule has 3 heterocycles. The van der Waals surface area contributed by atoms with Gasteiger partial charge in [-0.05, 0) is 74.8 Å². The summed E-state index contributed by atoms with van der Waals surface area (Å²) in [6, 6.07) is 21.4. The molecule has 2 aliphatic rings. The highest BCUT2D eigenvalue weighted by atomic mass is 28.4. The Morgan fingerprint density at radius 3 is 2.22 bits per heavy atom. The quantitative estimate of drug-likeness (QED) is 0.0973. The molecule has 15 heteroatoms. The molecule has 1 spiro atoms. The number of carbonyl (C=O) groups excluding carboxylic acids is 3. The molecular weight excluding hydrogens is 712 g/mol. The number of amides is 3. The van der Waals surface area contributed by atoms with E-state index in [1.54, 1.807) is 71.3 Å². The van der Waals surface area contributed by atoms with Gasteiger partial charge in [0.25, 0.3) is 17.7 Å². The average Bonchev–Trinajstić information content (AvgIpc) is 3.79. The molecule has 4 aromatic rings. The van der Waals surface area contributed by atoms with Crippen molar-refractivity contribution in [2.24, 2.45) is 5.92 Å². The number of aliphatic hydroxyl groups excluding tert-OH is 3. The Kier molecular flexibility index (Phi) is 11.2. The normalized spacial score (nSPS) is 22.6. The molecule has 54 heavy (non-hydrogen) atoms. The SMILES string of the molecule is C[C@H](O)C(=O)Nc1ccc(CN2C(=O)[C@]3(O[C@H](CCn4cc(C(CO)c5ccccc5)nn4)[C@@H]([Si](C)(C)F)[C@@H]3C)c3cc(NC(=O)[C@H](C)O)ccc32)cc1. The van der Waals surface area contributed by atoms with Crippen molar-refractivity contribution >= 4 is 43.2 Å². The summed E-state index contributed by atoms with van der Waals surface area (Å²) >= 11 is 0. The van der Waals surface area contributed by atoms with E-state index >= 15 is 4.11 Å². The number of aryl methyl sites for hydroxylation is 1. The standard InChI is InChI=1S/C39H47FN6O7Si/c1-23-35(54(4,5)40)34(17-18-45-21-32(43-44-45)30(22-47)27-9-7-6-8-10-27)53-39(23)31-19-29(42-37(51)25(3)49)15-16-33(31)46(38(39)52)20-26-11-13-28(14-12-26)41-36(50)24(2)48/h6-16,19,21,23-25,30,34-35,47-49H,17-18,20,22H2,1-5H3,(H,41,50)(H,42,51)/t23-,24-,25-,30?,34+,35-,39+/m0/s1. The van der Waals surface area contributed by atoms with Crippen molar-refractivity contribution in [3.8, 4) is 0 Å². The van der Waals surface area contributed by atoms with Gasteiger partial charge in [-0.1, -0.05) is 54.6 Å². The van der Waals surface area contributed by atoms with Gasteiger partial charge in [0.05, 0.1) is 36.6 Å². The van der Waals surface area contributed by atoms with Crippen LogP contribution in [0.5, 0.6) is 0 Å². The predicted octanol–water partition coefficient (Wildman–Crippen LogP) is 4.45. The molecule has 0 bridgehead atoms.